The summed E-state index contributed by atoms with van der Waals surface area (Å²) in [6.07, 6.45) is 2.51. The van der Waals surface area contributed by atoms with Crippen LogP contribution in [0.2, 0.25) is 0 Å². The highest BCUT2D eigenvalue weighted by molar-refractivity contribution is 7.93. The number of ether oxygens (including phenoxy) is 1. The number of sulfone groups is 1. The molecule has 2 unspecified atom stereocenters. The maximum absolute atomic E-state index is 12.6. The third kappa shape index (κ3) is 2.78. The molecule has 0 saturated carbocycles. The summed E-state index contributed by atoms with van der Waals surface area (Å²) in [5, 5.41) is -0.604. The molecule has 0 aromatic heterocycles. The molecule has 0 aliphatic carbocycles. The van der Waals surface area contributed by atoms with Crippen LogP contribution in [0.4, 0.5) is 0 Å². The van der Waals surface area contributed by atoms with Gasteiger partial charge in [-0.25, -0.2) is 8.42 Å². The van der Waals surface area contributed by atoms with Crippen LogP contribution in [0.25, 0.3) is 0 Å². The quantitative estimate of drug-likeness (QED) is 0.800. The molecule has 2 aliphatic rings. The number of Topliss-reactive ketones (excluding diaryl/α,β-unsaturated/α-hetero) is 1. The van der Waals surface area contributed by atoms with Crippen LogP contribution in [0.5, 0.6) is 5.75 Å². The van der Waals surface area contributed by atoms with E-state index in [0.717, 1.165) is 18.6 Å². The van der Waals surface area contributed by atoms with Gasteiger partial charge in [-0.3, -0.25) is 4.79 Å². The third-order valence-corrected chi connectivity index (χ3v) is 7.43. The molecule has 2 saturated heterocycles. The van der Waals surface area contributed by atoms with Crippen LogP contribution in [-0.4, -0.2) is 30.8 Å². The average Bonchev–Trinajstić information content (AvgIpc) is 2.67. The number of hydrogen-bond acceptors (Lipinski definition) is 4. The van der Waals surface area contributed by atoms with E-state index in [1.165, 1.54) is 0 Å². The Balaban J connectivity index is 1.72. The Morgan fingerprint density at radius 1 is 1.09 bits per heavy atom. The van der Waals surface area contributed by atoms with Crippen LogP contribution in [0.3, 0.4) is 0 Å². The summed E-state index contributed by atoms with van der Waals surface area (Å²) < 4.78 is 29.8. The van der Waals surface area contributed by atoms with Crippen molar-refractivity contribution in [1.82, 2.24) is 0 Å². The van der Waals surface area contributed by atoms with Gasteiger partial charge in [0.1, 0.15) is 5.75 Å². The number of ketones is 1. The highest BCUT2D eigenvalue weighted by atomic mass is 32.2. The summed E-state index contributed by atoms with van der Waals surface area (Å²) in [4.78, 5) is 12.6. The van der Waals surface area contributed by atoms with E-state index < -0.39 is 9.84 Å². The van der Waals surface area contributed by atoms with Crippen molar-refractivity contribution in [3.8, 4) is 5.75 Å². The van der Waals surface area contributed by atoms with Gasteiger partial charge in [-0.2, -0.15) is 0 Å². The molecule has 2 heterocycles. The normalized spacial score (nSPS) is 29.5. The van der Waals surface area contributed by atoms with Crippen LogP contribution >= 0.6 is 0 Å². The van der Waals surface area contributed by atoms with Gasteiger partial charge in [0.15, 0.2) is 15.6 Å². The zero-order chi connectivity index (χ0) is 15.9. The predicted octanol–water partition coefficient (Wildman–Crippen LogP) is 3.01. The molecule has 22 heavy (non-hydrogen) atoms. The van der Waals surface area contributed by atoms with Gasteiger partial charge < -0.3 is 4.74 Å². The van der Waals surface area contributed by atoms with E-state index in [2.05, 4.69) is 0 Å². The first-order chi connectivity index (χ1) is 10.4. The Labute approximate surface area is 131 Å². The van der Waals surface area contributed by atoms with Crippen molar-refractivity contribution in [1.29, 1.82) is 0 Å². The molecule has 2 bridgehead atoms. The van der Waals surface area contributed by atoms with Crippen LogP contribution < -0.4 is 4.74 Å². The number of hydrogen-bond donors (Lipinski definition) is 0. The Hall–Kier alpha value is -1.36. The van der Waals surface area contributed by atoms with E-state index in [0.29, 0.717) is 18.4 Å². The first-order valence-electron chi connectivity index (χ1n) is 7.91. The molecule has 2 atom stereocenters. The van der Waals surface area contributed by atoms with Crippen LogP contribution in [-0.2, 0) is 9.84 Å². The molecule has 5 heteroatoms. The smallest absolute Gasteiger partial charge is 0.166 e. The second-order valence-corrected chi connectivity index (χ2v) is 9.15. The summed E-state index contributed by atoms with van der Waals surface area (Å²) >= 11 is 0. The predicted molar refractivity (Wildman–Crippen MR) is 85.0 cm³/mol. The third-order valence-electron chi connectivity index (χ3n) is 4.72. The van der Waals surface area contributed by atoms with Crippen molar-refractivity contribution in [3.63, 3.8) is 0 Å². The summed E-state index contributed by atoms with van der Waals surface area (Å²) in [7, 11) is -2.97. The average molecular weight is 322 g/mol. The molecule has 0 radical (unpaired) electrons. The second kappa shape index (κ2) is 5.69. The molecule has 1 aromatic rings. The molecule has 0 amide bonds. The molecule has 2 aliphatic heterocycles. The Morgan fingerprint density at radius 2 is 1.64 bits per heavy atom. The minimum atomic E-state index is -2.97. The number of carbonyl (C=O) groups is 1. The highest BCUT2D eigenvalue weighted by Gasteiger charge is 2.48. The SMILES string of the molecule is CC(C)Oc1ccc(C(=O)C2CC3CCC(C2)S3(=O)=O)cc1. The lowest BCUT2D eigenvalue weighted by Gasteiger charge is -2.27. The molecule has 3 rings (SSSR count). The van der Waals surface area contributed by atoms with E-state index in [1.54, 1.807) is 24.3 Å². The van der Waals surface area contributed by atoms with Crippen molar-refractivity contribution in [2.45, 2.75) is 56.1 Å². The Bertz CT molecular complexity index is 640. The van der Waals surface area contributed by atoms with Crippen molar-refractivity contribution in [3.05, 3.63) is 29.8 Å². The standard InChI is InChI=1S/C17H22O4S/c1-11(2)21-14-5-3-12(4-6-14)17(18)13-9-15-7-8-16(10-13)22(15,19)20/h3-6,11,13,15-16H,7-10H2,1-2H3. The first-order valence-corrected chi connectivity index (χ1v) is 9.52. The van der Waals surface area contributed by atoms with E-state index in [-0.39, 0.29) is 28.3 Å². The zero-order valence-electron chi connectivity index (χ0n) is 13.0. The topological polar surface area (TPSA) is 60.4 Å². The number of fused-ring (bicyclic) bond motifs is 2. The fourth-order valence-electron chi connectivity index (χ4n) is 3.63. The number of benzene rings is 1. The lowest BCUT2D eigenvalue weighted by Crippen LogP contribution is -2.36. The molecule has 0 N–H and O–H groups in total. The second-order valence-electron chi connectivity index (χ2n) is 6.63. The number of carbonyl (C=O) groups excluding carboxylic acids is 1. The van der Waals surface area contributed by atoms with E-state index in [9.17, 15) is 13.2 Å². The molecular formula is C17H22O4S. The monoisotopic (exact) mass is 322 g/mol. The van der Waals surface area contributed by atoms with Crippen molar-refractivity contribution < 1.29 is 17.9 Å². The van der Waals surface area contributed by atoms with Gasteiger partial charge in [-0.05, 0) is 63.8 Å². The van der Waals surface area contributed by atoms with E-state index in [1.807, 2.05) is 13.8 Å². The van der Waals surface area contributed by atoms with Gasteiger partial charge in [0.2, 0.25) is 0 Å². The highest BCUT2D eigenvalue weighted by Crippen LogP contribution is 2.42. The van der Waals surface area contributed by atoms with E-state index >= 15 is 0 Å². The van der Waals surface area contributed by atoms with E-state index in [4.69, 9.17) is 4.74 Å². The van der Waals surface area contributed by atoms with Gasteiger partial charge in [0, 0.05) is 11.5 Å². The van der Waals surface area contributed by atoms with Gasteiger partial charge in [0.25, 0.3) is 0 Å². The minimum absolute atomic E-state index is 0.0721. The summed E-state index contributed by atoms with van der Waals surface area (Å²) in [5.74, 6) is 0.665. The first kappa shape index (κ1) is 15.5. The van der Waals surface area contributed by atoms with Gasteiger partial charge in [-0.15, -0.1) is 0 Å². The van der Waals surface area contributed by atoms with Crippen LogP contribution in [0, 0.1) is 5.92 Å². The lowest BCUT2D eigenvalue weighted by molar-refractivity contribution is 0.0905. The van der Waals surface area contributed by atoms with Gasteiger partial charge in [-0.1, -0.05) is 0 Å². The molecule has 0 spiro atoms. The number of rotatable bonds is 4. The minimum Gasteiger partial charge on any atom is -0.491 e. The zero-order valence-corrected chi connectivity index (χ0v) is 13.8. The van der Waals surface area contributed by atoms with Crippen molar-refractivity contribution >= 4 is 15.6 Å². The molecule has 2 fully saturated rings. The summed E-state index contributed by atoms with van der Waals surface area (Å²) in [5.41, 5.74) is 0.653. The Kier molecular flexibility index (Phi) is 4.02. The Morgan fingerprint density at radius 3 is 2.14 bits per heavy atom. The lowest BCUT2D eigenvalue weighted by atomic mass is 9.90. The van der Waals surface area contributed by atoms with Gasteiger partial charge in [0.05, 0.1) is 16.6 Å². The van der Waals surface area contributed by atoms with Crippen molar-refractivity contribution in [2.75, 3.05) is 0 Å². The fraction of sp³-hybridized carbons (Fsp3) is 0.588. The van der Waals surface area contributed by atoms with Crippen molar-refractivity contribution in [2.24, 2.45) is 5.92 Å². The maximum Gasteiger partial charge on any atom is 0.166 e. The van der Waals surface area contributed by atoms with Gasteiger partial charge >= 0.3 is 0 Å². The maximum atomic E-state index is 12.6. The molecular weight excluding hydrogens is 300 g/mol. The summed E-state index contributed by atoms with van der Waals surface area (Å²) in [6, 6.07) is 7.18. The summed E-state index contributed by atoms with van der Waals surface area (Å²) in [6.45, 7) is 3.91. The molecule has 4 nitrogen and oxygen atoms in total. The molecule has 120 valence electrons. The van der Waals surface area contributed by atoms with Crippen LogP contribution in [0.1, 0.15) is 49.9 Å². The fourth-order valence-corrected chi connectivity index (χ4v) is 6.10. The molecule has 1 aromatic carbocycles. The van der Waals surface area contributed by atoms with Crippen LogP contribution in [0.15, 0.2) is 24.3 Å². The largest absolute Gasteiger partial charge is 0.491 e.